The molecular weight excluding hydrogens is 292 g/mol. The van der Waals surface area contributed by atoms with Gasteiger partial charge in [0, 0.05) is 65.4 Å². The van der Waals surface area contributed by atoms with Gasteiger partial charge in [-0.05, 0) is 5.96 Å². The molecule has 4 N–H and O–H groups in total. The van der Waals surface area contributed by atoms with Gasteiger partial charge in [-0.15, -0.1) is 0 Å². The predicted octanol–water partition coefficient (Wildman–Crippen LogP) is 2.55. The predicted molar refractivity (Wildman–Crippen MR) is 48.9 cm³/mol. The Morgan fingerprint density at radius 2 is 1.00 bits per heavy atom. The van der Waals surface area contributed by atoms with E-state index in [2.05, 4.69) is 5.73 Å². The number of guanidine groups is 1. The van der Waals surface area contributed by atoms with Crippen molar-refractivity contribution in [3.05, 3.63) is 28.0 Å². The molecule has 0 aliphatic heterocycles. The van der Waals surface area contributed by atoms with Crippen molar-refractivity contribution in [3.63, 3.8) is 0 Å². The van der Waals surface area contributed by atoms with Gasteiger partial charge in [0.05, 0.1) is 0 Å². The Hall–Kier alpha value is 1.48. The average Bonchev–Trinajstić information content (AvgIpc) is 0.811. The summed E-state index contributed by atoms with van der Waals surface area (Å²) in [5.41, 5.74) is 10.3. The summed E-state index contributed by atoms with van der Waals surface area (Å²) in [4.78, 5) is 0. The first-order valence-corrected chi connectivity index (χ1v) is 0.789. The minimum Gasteiger partial charge on any atom is -0.454 e. The molecule has 11 heavy (non-hydrogen) atoms. The minimum atomic E-state index is -0.583. The number of rotatable bonds is 0. The molecule has 0 aromatic heterocycles. The summed E-state index contributed by atoms with van der Waals surface area (Å²) in [5, 5.41) is 5.94. The van der Waals surface area contributed by atoms with Crippen molar-refractivity contribution in [1.82, 2.24) is 0 Å². The van der Waals surface area contributed by atoms with Crippen LogP contribution in [0.5, 0.6) is 0 Å². The van der Waals surface area contributed by atoms with Gasteiger partial charge < -0.3 is 39.2 Å². The number of hydrogen-bond donors (Lipinski definition) is 2. The topological polar surface area (TPSA) is 73.7 Å². The Kier molecular flexibility index (Phi) is 468. The number of nitrogens with two attached hydrogens (primary N) is 1. The molecule has 0 unspecified atom stereocenters. The van der Waals surface area contributed by atoms with Gasteiger partial charge in [-0.2, -0.15) is 0 Å². The molecule has 0 atom stereocenters. The normalized spacial score (nSPS) is 2.18. The van der Waals surface area contributed by atoms with Crippen LogP contribution in [-0.2, 0) is 65.4 Å². The quantitative estimate of drug-likeness (QED) is 0.402. The van der Waals surface area contributed by atoms with Crippen molar-refractivity contribution >= 4 is 5.96 Å². The summed E-state index contributed by atoms with van der Waals surface area (Å²) < 4.78 is 0. The van der Waals surface area contributed by atoms with Gasteiger partial charge in [-0.25, -0.2) is 0 Å². The molecule has 0 heterocycles. The Labute approximate surface area is 124 Å². The zero-order valence-electron chi connectivity index (χ0n) is 6.23. The summed E-state index contributed by atoms with van der Waals surface area (Å²) >= 11 is 0. The molecule has 0 fully saturated rings. The zero-order valence-corrected chi connectivity index (χ0v) is 11.9. The standard InChI is InChI=1S/CH4N3.2CH4.3CH3.2Y/c2-1(3)4;;;;;;;/h(H4-,2,3,4);2*1H4;3*1H3;;/q-1;;;3*-1;;. The first kappa shape index (κ1) is 82.0. The van der Waals surface area contributed by atoms with Crippen molar-refractivity contribution < 1.29 is 65.4 Å². The molecule has 0 aliphatic carbocycles. The molecule has 0 aromatic carbocycles. The van der Waals surface area contributed by atoms with Crippen LogP contribution in [0, 0.1) is 27.7 Å². The third kappa shape index (κ3) is 472. The number of hydrogen-bond acceptors (Lipinski definition) is 1. The molecule has 70 valence electrons. The Bertz CT molecular complexity index is 38.8. The van der Waals surface area contributed by atoms with E-state index < -0.39 is 5.96 Å². The molecule has 0 amide bonds. The van der Waals surface area contributed by atoms with Crippen molar-refractivity contribution in [1.29, 1.82) is 5.41 Å². The van der Waals surface area contributed by atoms with Gasteiger partial charge in [0.1, 0.15) is 0 Å². The van der Waals surface area contributed by atoms with E-state index in [4.69, 9.17) is 11.1 Å². The summed E-state index contributed by atoms with van der Waals surface area (Å²) in [6, 6.07) is 0. The van der Waals surface area contributed by atoms with E-state index in [-0.39, 0.29) is 103 Å². The Balaban J connectivity index is -0.00000000214. The molecule has 0 saturated heterocycles. The van der Waals surface area contributed by atoms with E-state index >= 15 is 0 Å². The van der Waals surface area contributed by atoms with E-state index in [0.29, 0.717) is 0 Å². The fourth-order valence-electron chi connectivity index (χ4n) is 0. The second-order valence-corrected chi connectivity index (χ2v) is 0.414. The smallest absolute Gasteiger partial charge is 0 e. The van der Waals surface area contributed by atoms with Crippen LogP contribution in [0.2, 0.25) is 0 Å². The van der Waals surface area contributed by atoms with E-state index in [9.17, 15) is 0 Å². The van der Waals surface area contributed by atoms with Crippen LogP contribution in [-0.4, -0.2) is 5.96 Å². The fraction of sp³-hybridized carbons (Fsp3) is 0.333. The van der Waals surface area contributed by atoms with Gasteiger partial charge in [-0.3, -0.25) is 0 Å². The summed E-state index contributed by atoms with van der Waals surface area (Å²) in [6.45, 7) is 0. The molecular formula is C6H21N3Y2-4. The monoisotopic (exact) mass is 313 g/mol. The van der Waals surface area contributed by atoms with Crippen LogP contribution in [0.4, 0.5) is 0 Å². The summed E-state index contributed by atoms with van der Waals surface area (Å²) in [6.07, 6.45) is 0. The molecule has 0 spiro atoms. The minimum absolute atomic E-state index is 0. The maximum Gasteiger partial charge on any atom is 0 e. The third-order valence-corrected chi connectivity index (χ3v) is 0. The maximum atomic E-state index is 5.94. The van der Waals surface area contributed by atoms with Crippen molar-refractivity contribution in [3.8, 4) is 0 Å². The Morgan fingerprint density at radius 1 is 1.00 bits per heavy atom. The zero-order chi connectivity index (χ0) is 3.58. The second kappa shape index (κ2) is 62.8. The van der Waals surface area contributed by atoms with Crippen LogP contribution >= 0.6 is 0 Å². The van der Waals surface area contributed by atoms with Crippen LogP contribution in [0.25, 0.3) is 5.73 Å². The Morgan fingerprint density at radius 3 is 1.00 bits per heavy atom. The number of nitrogens with one attached hydrogen (secondary N) is 2. The van der Waals surface area contributed by atoms with E-state index in [0.717, 1.165) is 0 Å². The van der Waals surface area contributed by atoms with Gasteiger partial charge in [0.15, 0.2) is 0 Å². The molecule has 0 aliphatic rings. The first-order valence-electron chi connectivity index (χ1n) is 0.789. The van der Waals surface area contributed by atoms with Gasteiger partial charge in [-0.1, -0.05) is 14.9 Å². The maximum absolute atomic E-state index is 5.94. The largest absolute Gasteiger partial charge is 0.454 e. The molecule has 0 bridgehead atoms. The summed E-state index contributed by atoms with van der Waals surface area (Å²) in [7, 11) is 0. The summed E-state index contributed by atoms with van der Waals surface area (Å²) in [5.74, 6) is -0.583. The molecule has 5 heteroatoms. The molecule has 2 radical (unpaired) electrons. The van der Waals surface area contributed by atoms with E-state index in [1.54, 1.807) is 0 Å². The van der Waals surface area contributed by atoms with Crippen LogP contribution in [0.1, 0.15) is 14.9 Å². The molecule has 0 rings (SSSR count). The van der Waals surface area contributed by atoms with Crippen LogP contribution in [0.15, 0.2) is 0 Å². The third-order valence-electron chi connectivity index (χ3n) is 0. The molecule has 3 nitrogen and oxygen atoms in total. The molecule has 0 aromatic rings. The van der Waals surface area contributed by atoms with Crippen LogP contribution < -0.4 is 5.73 Å². The van der Waals surface area contributed by atoms with E-state index in [1.165, 1.54) is 0 Å². The van der Waals surface area contributed by atoms with Crippen molar-refractivity contribution in [2.24, 2.45) is 5.73 Å². The van der Waals surface area contributed by atoms with Crippen molar-refractivity contribution in [2.45, 2.75) is 14.9 Å². The SMILES string of the molecule is C.C.N=C([NH-])N.[CH3-].[CH3-].[CH3-].[Y].[Y]. The van der Waals surface area contributed by atoms with Crippen molar-refractivity contribution in [2.75, 3.05) is 0 Å². The first-order chi connectivity index (χ1) is 1.73. The fourth-order valence-corrected chi connectivity index (χ4v) is 0. The van der Waals surface area contributed by atoms with Gasteiger partial charge in [0.25, 0.3) is 0 Å². The van der Waals surface area contributed by atoms with Gasteiger partial charge >= 0.3 is 0 Å². The van der Waals surface area contributed by atoms with Crippen LogP contribution in [0.3, 0.4) is 0 Å². The average molecular weight is 313 g/mol. The second-order valence-electron chi connectivity index (χ2n) is 0.414. The molecule has 0 saturated carbocycles. The van der Waals surface area contributed by atoms with E-state index in [1.807, 2.05) is 0 Å². The van der Waals surface area contributed by atoms with Gasteiger partial charge in [0.2, 0.25) is 0 Å².